The van der Waals surface area contributed by atoms with Crippen molar-refractivity contribution < 1.29 is 9.59 Å². The molecule has 1 aliphatic rings. The van der Waals surface area contributed by atoms with Crippen molar-refractivity contribution in [2.75, 3.05) is 36.4 Å². The van der Waals surface area contributed by atoms with E-state index < -0.39 is 6.04 Å². The van der Waals surface area contributed by atoms with Crippen LogP contribution in [0.2, 0.25) is 0 Å². The molecule has 1 aliphatic heterocycles. The average molecular weight is 357 g/mol. The number of aromatic nitrogens is 3. The van der Waals surface area contributed by atoms with Gasteiger partial charge in [0.1, 0.15) is 11.9 Å². The van der Waals surface area contributed by atoms with Gasteiger partial charge in [0.2, 0.25) is 5.91 Å². The van der Waals surface area contributed by atoms with Crippen molar-refractivity contribution in [2.24, 2.45) is 7.05 Å². The van der Waals surface area contributed by atoms with Crippen LogP contribution >= 0.6 is 0 Å². The molecule has 0 saturated carbocycles. The van der Waals surface area contributed by atoms with Crippen molar-refractivity contribution in [3.8, 4) is 0 Å². The number of carbonyl (C=O) groups is 2. The summed E-state index contributed by atoms with van der Waals surface area (Å²) in [5.74, 6) is 0.634. The summed E-state index contributed by atoms with van der Waals surface area (Å²) in [5.41, 5.74) is 0.600. The molecule has 0 unspecified atom stereocenters. The Hall–Kier alpha value is -3.10. The molecule has 1 saturated heterocycles. The number of urea groups is 1. The van der Waals surface area contributed by atoms with Crippen LogP contribution in [-0.4, -0.2) is 63.8 Å². The number of hydrogen-bond acceptors (Lipinski definition) is 5. The lowest BCUT2D eigenvalue weighted by atomic mass is 10.3. The Labute approximate surface area is 152 Å². The molecule has 1 atom stereocenters. The second-order valence-corrected chi connectivity index (χ2v) is 6.23. The van der Waals surface area contributed by atoms with Gasteiger partial charge in [-0.2, -0.15) is 5.10 Å². The lowest BCUT2D eigenvalue weighted by Crippen LogP contribution is -2.54. The first-order valence-corrected chi connectivity index (χ1v) is 8.54. The number of piperazine rings is 1. The van der Waals surface area contributed by atoms with Gasteiger partial charge < -0.3 is 20.4 Å². The van der Waals surface area contributed by atoms with E-state index in [1.54, 1.807) is 42.1 Å². The highest BCUT2D eigenvalue weighted by Gasteiger charge is 2.24. The Morgan fingerprint density at radius 1 is 1.19 bits per heavy atom. The minimum absolute atomic E-state index is 0.237. The molecular weight excluding hydrogens is 334 g/mol. The number of nitrogens with one attached hydrogen (secondary N) is 2. The zero-order chi connectivity index (χ0) is 18.5. The number of pyridine rings is 1. The zero-order valence-electron chi connectivity index (χ0n) is 14.9. The van der Waals surface area contributed by atoms with Gasteiger partial charge in [0, 0.05) is 45.6 Å². The van der Waals surface area contributed by atoms with Gasteiger partial charge >= 0.3 is 6.03 Å². The Morgan fingerprint density at radius 2 is 1.96 bits per heavy atom. The lowest BCUT2D eigenvalue weighted by molar-refractivity contribution is -0.117. The van der Waals surface area contributed by atoms with Crippen LogP contribution < -0.4 is 15.5 Å². The normalized spacial score (nSPS) is 15.5. The molecule has 2 aromatic heterocycles. The van der Waals surface area contributed by atoms with Gasteiger partial charge in [-0.1, -0.05) is 6.07 Å². The van der Waals surface area contributed by atoms with E-state index in [2.05, 4.69) is 25.6 Å². The number of anilines is 2. The number of hydrogen-bond donors (Lipinski definition) is 2. The molecule has 0 radical (unpaired) electrons. The maximum Gasteiger partial charge on any atom is 0.318 e. The van der Waals surface area contributed by atoms with Gasteiger partial charge in [-0.15, -0.1) is 0 Å². The fourth-order valence-electron chi connectivity index (χ4n) is 2.76. The first-order valence-electron chi connectivity index (χ1n) is 8.54. The SMILES string of the molecule is C[C@@H](NC(=O)N1CCN(c2ccccn2)CC1)C(=O)Nc1cnn(C)c1. The molecule has 0 bridgehead atoms. The van der Waals surface area contributed by atoms with Gasteiger partial charge in [0.25, 0.3) is 0 Å². The number of rotatable bonds is 4. The van der Waals surface area contributed by atoms with Crippen LogP contribution in [0.3, 0.4) is 0 Å². The van der Waals surface area contributed by atoms with Crippen molar-refractivity contribution >= 4 is 23.4 Å². The molecule has 3 rings (SSSR count). The largest absolute Gasteiger partial charge is 0.353 e. The van der Waals surface area contributed by atoms with Crippen LogP contribution in [0.5, 0.6) is 0 Å². The average Bonchev–Trinajstić information content (AvgIpc) is 3.07. The van der Waals surface area contributed by atoms with Gasteiger partial charge in [-0.3, -0.25) is 9.48 Å². The van der Waals surface area contributed by atoms with Gasteiger partial charge in [0.05, 0.1) is 11.9 Å². The standard InChI is InChI=1S/C17H23N7O2/c1-13(16(25)21-14-11-19-22(2)12-14)20-17(26)24-9-7-23(8-10-24)15-5-3-4-6-18-15/h3-6,11-13H,7-10H2,1-2H3,(H,20,26)(H,21,25)/t13-/m1/s1. The van der Waals surface area contributed by atoms with Gasteiger partial charge in [-0.25, -0.2) is 9.78 Å². The quantitative estimate of drug-likeness (QED) is 0.839. The minimum Gasteiger partial charge on any atom is -0.353 e. The topological polar surface area (TPSA) is 95.4 Å². The molecule has 2 aromatic rings. The molecule has 138 valence electrons. The lowest BCUT2D eigenvalue weighted by Gasteiger charge is -2.35. The number of nitrogens with zero attached hydrogens (tertiary/aromatic N) is 5. The van der Waals surface area contributed by atoms with E-state index in [0.717, 1.165) is 5.82 Å². The van der Waals surface area contributed by atoms with E-state index >= 15 is 0 Å². The van der Waals surface area contributed by atoms with Gasteiger partial charge in [-0.05, 0) is 19.1 Å². The second kappa shape index (κ2) is 7.85. The molecule has 0 aliphatic carbocycles. The maximum absolute atomic E-state index is 12.4. The highest BCUT2D eigenvalue weighted by molar-refractivity contribution is 5.96. The molecule has 3 heterocycles. The summed E-state index contributed by atoms with van der Waals surface area (Å²) in [5, 5.41) is 9.46. The summed E-state index contributed by atoms with van der Waals surface area (Å²) in [6.07, 6.45) is 5.02. The van der Waals surface area contributed by atoms with E-state index in [4.69, 9.17) is 0 Å². The Bertz CT molecular complexity index is 753. The molecule has 9 nitrogen and oxygen atoms in total. The second-order valence-electron chi connectivity index (χ2n) is 6.23. The summed E-state index contributed by atoms with van der Waals surface area (Å²) in [6, 6.07) is 4.91. The predicted octanol–water partition coefficient (Wildman–Crippen LogP) is 0.674. The summed E-state index contributed by atoms with van der Waals surface area (Å²) in [4.78, 5) is 32.8. The summed E-state index contributed by atoms with van der Waals surface area (Å²) < 4.78 is 1.60. The van der Waals surface area contributed by atoms with Crippen LogP contribution in [0.4, 0.5) is 16.3 Å². The van der Waals surface area contributed by atoms with Crippen LogP contribution in [0.1, 0.15) is 6.92 Å². The van der Waals surface area contributed by atoms with E-state index in [9.17, 15) is 9.59 Å². The minimum atomic E-state index is -0.642. The van der Waals surface area contributed by atoms with Crippen molar-refractivity contribution in [1.82, 2.24) is 25.0 Å². The molecule has 0 spiro atoms. The third-order valence-electron chi connectivity index (χ3n) is 4.25. The van der Waals surface area contributed by atoms with Crippen LogP contribution in [-0.2, 0) is 11.8 Å². The number of amides is 3. The first kappa shape index (κ1) is 17.7. The molecule has 9 heteroatoms. The van der Waals surface area contributed by atoms with Crippen LogP contribution in [0, 0.1) is 0 Å². The molecule has 1 fully saturated rings. The molecule has 2 N–H and O–H groups in total. The number of carbonyl (C=O) groups excluding carboxylic acids is 2. The van der Waals surface area contributed by atoms with E-state index in [0.29, 0.717) is 31.9 Å². The third-order valence-corrected chi connectivity index (χ3v) is 4.25. The van der Waals surface area contributed by atoms with E-state index in [-0.39, 0.29) is 11.9 Å². The van der Waals surface area contributed by atoms with Crippen LogP contribution in [0.25, 0.3) is 0 Å². The fourth-order valence-corrected chi connectivity index (χ4v) is 2.76. The Balaban J connectivity index is 1.47. The van der Waals surface area contributed by atoms with Crippen molar-refractivity contribution in [2.45, 2.75) is 13.0 Å². The maximum atomic E-state index is 12.4. The number of aryl methyl sites for hydroxylation is 1. The summed E-state index contributed by atoms with van der Waals surface area (Å²) in [6.45, 7) is 4.24. The van der Waals surface area contributed by atoms with Crippen molar-refractivity contribution in [3.05, 3.63) is 36.8 Å². The van der Waals surface area contributed by atoms with Gasteiger partial charge in [0.15, 0.2) is 0 Å². The molecule has 26 heavy (non-hydrogen) atoms. The molecule has 0 aromatic carbocycles. The van der Waals surface area contributed by atoms with Crippen molar-refractivity contribution in [3.63, 3.8) is 0 Å². The van der Waals surface area contributed by atoms with E-state index in [1.807, 2.05) is 18.2 Å². The van der Waals surface area contributed by atoms with E-state index in [1.165, 1.54) is 0 Å². The smallest absolute Gasteiger partial charge is 0.318 e. The predicted molar refractivity (Wildman–Crippen MR) is 97.9 cm³/mol. The highest BCUT2D eigenvalue weighted by Crippen LogP contribution is 2.12. The van der Waals surface area contributed by atoms with Crippen LogP contribution in [0.15, 0.2) is 36.8 Å². The van der Waals surface area contributed by atoms with Crippen molar-refractivity contribution in [1.29, 1.82) is 0 Å². The summed E-state index contributed by atoms with van der Waals surface area (Å²) in [7, 11) is 1.77. The molecule has 3 amide bonds. The highest BCUT2D eigenvalue weighted by atomic mass is 16.2. The summed E-state index contributed by atoms with van der Waals surface area (Å²) >= 11 is 0. The third kappa shape index (κ3) is 4.29. The Morgan fingerprint density at radius 3 is 2.58 bits per heavy atom. The first-order chi connectivity index (χ1) is 12.5. The molecular formula is C17H23N7O2. The fraction of sp³-hybridized carbons (Fsp3) is 0.412. The Kier molecular flexibility index (Phi) is 5.35. The monoisotopic (exact) mass is 357 g/mol. The zero-order valence-corrected chi connectivity index (χ0v) is 14.9.